The van der Waals surface area contributed by atoms with E-state index in [1.807, 2.05) is 0 Å². The van der Waals surface area contributed by atoms with Crippen LogP contribution in [0.1, 0.15) is 13.2 Å². The van der Waals surface area contributed by atoms with Crippen molar-refractivity contribution in [1.29, 1.82) is 0 Å². The lowest BCUT2D eigenvalue weighted by Gasteiger charge is -2.25. The number of nitrogens with zero attached hydrogens (tertiary/aromatic N) is 3. The summed E-state index contributed by atoms with van der Waals surface area (Å²) in [5.41, 5.74) is 1.07. The van der Waals surface area contributed by atoms with Crippen LogP contribution < -0.4 is 11.3 Å². The maximum Gasteiger partial charge on any atom is 0.481 e. The Hall–Kier alpha value is -1.81. The Morgan fingerprint density at radius 2 is 2.03 bits per heavy atom. The normalized spacial score (nSPS) is 31.8. The number of imidazole rings is 1. The fourth-order valence-electron chi connectivity index (χ4n) is 2.81. The van der Waals surface area contributed by atoms with E-state index in [-0.39, 0.29) is 17.1 Å². The molecule has 1 aliphatic heterocycles. The van der Waals surface area contributed by atoms with Gasteiger partial charge in [-0.2, -0.15) is 9.29 Å². The number of aromatic amines is 1. The third kappa shape index (κ3) is 4.16. The van der Waals surface area contributed by atoms with E-state index in [0.717, 1.165) is 17.8 Å². The third-order valence-electron chi connectivity index (χ3n) is 4.07. The van der Waals surface area contributed by atoms with Crippen molar-refractivity contribution in [3.63, 3.8) is 0 Å². The molecular weight excluding hydrogens is 462 g/mol. The third-order valence-corrected chi connectivity index (χ3v) is 6.20. The highest BCUT2D eigenvalue weighted by molar-refractivity contribution is 7.60. The molecular formula is C11H15F2N5O10P2. The summed E-state index contributed by atoms with van der Waals surface area (Å²) in [6, 6.07) is 0. The Morgan fingerprint density at radius 1 is 1.40 bits per heavy atom. The van der Waals surface area contributed by atoms with Crippen LogP contribution in [0.2, 0.25) is 0 Å². The van der Waals surface area contributed by atoms with E-state index < -0.39 is 51.7 Å². The molecule has 15 nitrogen and oxygen atoms in total. The van der Waals surface area contributed by atoms with E-state index in [4.69, 9.17) is 20.3 Å². The standard InChI is InChI=1S/C11H15F2N5O10P2/c1-10(12)7(20)11(13,2-26-30(24,25)28-29(21,22)23)27-8(10)18-3-15-4-5(18)16-9(14)17-6(4)19/h3,7-8,20H,2H2,1H3,(H,24,25)(H2,21,22,23)(H3,14,16,17,19)/t7-,8+,10+,11+/m0/s1. The summed E-state index contributed by atoms with van der Waals surface area (Å²) in [7, 11) is -11.0. The number of hydrogen-bond acceptors (Lipinski definition) is 10. The summed E-state index contributed by atoms with van der Waals surface area (Å²) in [5, 5.41) is 10.1. The zero-order valence-corrected chi connectivity index (χ0v) is 16.5. The molecule has 0 spiro atoms. The van der Waals surface area contributed by atoms with E-state index >= 15 is 8.78 Å². The lowest BCUT2D eigenvalue weighted by Crippen LogP contribution is -2.46. The highest BCUT2D eigenvalue weighted by Crippen LogP contribution is 2.59. The quantitative estimate of drug-likeness (QED) is 0.280. The lowest BCUT2D eigenvalue weighted by atomic mass is 9.97. The van der Waals surface area contributed by atoms with E-state index in [2.05, 4.69) is 23.8 Å². The van der Waals surface area contributed by atoms with Crippen LogP contribution in [0.4, 0.5) is 14.7 Å². The molecule has 1 saturated heterocycles. The van der Waals surface area contributed by atoms with Crippen molar-refractivity contribution in [2.24, 2.45) is 0 Å². The number of H-pyrrole nitrogens is 1. The number of alkyl halides is 2. The number of nitrogen functional groups attached to an aromatic ring is 1. The van der Waals surface area contributed by atoms with E-state index in [9.17, 15) is 23.9 Å². The largest absolute Gasteiger partial charge is 0.481 e. The number of nitrogens with one attached hydrogen (secondary N) is 1. The Balaban J connectivity index is 1.92. The molecule has 0 saturated carbocycles. The van der Waals surface area contributed by atoms with Crippen molar-refractivity contribution in [1.82, 2.24) is 19.5 Å². The second kappa shape index (κ2) is 7.12. The molecule has 30 heavy (non-hydrogen) atoms. The number of phosphoric ester groups is 1. The van der Waals surface area contributed by atoms with E-state index in [1.165, 1.54) is 0 Å². The first-order valence-electron chi connectivity index (χ1n) is 7.76. The molecule has 19 heteroatoms. The highest BCUT2D eigenvalue weighted by atomic mass is 31.3. The number of nitrogens with two attached hydrogens (primary N) is 1. The van der Waals surface area contributed by atoms with Crippen LogP contribution in [0.15, 0.2) is 11.1 Å². The maximum absolute atomic E-state index is 15.2. The molecule has 1 aliphatic rings. The van der Waals surface area contributed by atoms with Crippen molar-refractivity contribution in [3.8, 4) is 0 Å². The van der Waals surface area contributed by atoms with Gasteiger partial charge < -0.3 is 30.3 Å². The number of rotatable bonds is 6. The number of phosphoric acid groups is 2. The van der Waals surface area contributed by atoms with Crippen molar-refractivity contribution in [2.45, 2.75) is 30.8 Å². The second-order valence-electron chi connectivity index (χ2n) is 6.40. The molecule has 5 atom stereocenters. The van der Waals surface area contributed by atoms with Crippen molar-refractivity contribution >= 4 is 32.8 Å². The molecule has 0 aromatic carbocycles. The zero-order chi connectivity index (χ0) is 22.7. The number of aliphatic hydroxyl groups is 1. The predicted molar refractivity (Wildman–Crippen MR) is 90.9 cm³/mol. The van der Waals surface area contributed by atoms with Gasteiger partial charge in [-0.15, -0.1) is 0 Å². The van der Waals surface area contributed by atoms with Crippen LogP contribution in [-0.2, 0) is 22.7 Å². The SMILES string of the molecule is C[C@]1(F)[C@H](n2cnc3c(=O)[nH]c(N)nc32)O[C@](F)(COP(=O)(O)OP(=O)(O)O)[C@H]1O. The first-order chi connectivity index (χ1) is 13.6. The van der Waals surface area contributed by atoms with Crippen LogP contribution >= 0.6 is 15.6 Å². The average molecular weight is 477 g/mol. The van der Waals surface area contributed by atoms with Crippen molar-refractivity contribution < 1.29 is 51.3 Å². The molecule has 0 amide bonds. The molecule has 1 unspecified atom stereocenters. The van der Waals surface area contributed by atoms with Crippen molar-refractivity contribution in [3.05, 3.63) is 16.7 Å². The van der Waals surface area contributed by atoms with Gasteiger partial charge in [0.1, 0.15) is 6.61 Å². The Bertz CT molecular complexity index is 1130. The molecule has 0 bridgehead atoms. The van der Waals surface area contributed by atoms with Gasteiger partial charge in [0.25, 0.3) is 11.4 Å². The topological polar surface area (TPSA) is 232 Å². The molecule has 1 fully saturated rings. The molecule has 3 heterocycles. The van der Waals surface area contributed by atoms with Crippen LogP contribution in [0.5, 0.6) is 0 Å². The van der Waals surface area contributed by atoms with Gasteiger partial charge in [-0.05, 0) is 6.92 Å². The van der Waals surface area contributed by atoms with Gasteiger partial charge in [-0.25, -0.2) is 22.9 Å². The minimum atomic E-state index is -5.52. The summed E-state index contributed by atoms with van der Waals surface area (Å²) in [4.78, 5) is 47.8. The molecule has 3 rings (SSSR count). The summed E-state index contributed by atoms with van der Waals surface area (Å²) < 4.78 is 65.7. The minimum absolute atomic E-state index is 0.305. The number of hydrogen-bond donors (Lipinski definition) is 6. The monoisotopic (exact) mass is 477 g/mol. The number of fused-ring (bicyclic) bond motifs is 1. The van der Waals surface area contributed by atoms with Gasteiger partial charge in [-0.1, -0.05) is 0 Å². The first-order valence-corrected chi connectivity index (χ1v) is 10.8. The van der Waals surface area contributed by atoms with Gasteiger partial charge >= 0.3 is 15.6 Å². The van der Waals surface area contributed by atoms with Crippen LogP contribution in [0.3, 0.4) is 0 Å². The summed E-state index contributed by atoms with van der Waals surface area (Å²) in [5.74, 6) is -3.87. The van der Waals surface area contributed by atoms with Crippen LogP contribution in [0, 0.1) is 0 Å². The second-order valence-corrected chi connectivity index (χ2v) is 9.23. The van der Waals surface area contributed by atoms with Crippen LogP contribution in [0.25, 0.3) is 11.2 Å². The van der Waals surface area contributed by atoms with Crippen molar-refractivity contribution in [2.75, 3.05) is 12.3 Å². The minimum Gasteiger partial charge on any atom is -0.384 e. The number of aliphatic hydroxyl groups excluding tert-OH is 1. The fourth-order valence-corrected chi connectivity index (χ4v) is 4.41. The number of ether oxygens (including phenoxy) is 1. The molecule has 2 aromatic heterocycles. The van der Waals surface area contributed by atoms with Crippen LogP contribution in [-0.4, -0.2) is 63.5 Å². The van der Waals surface area contributed by atoms with Gasteiger partial charge in [0.05, 0.1) is 6.33 Å². The Labute approximate surface area is 164 Å². The predicted octanol–water partition coefficient (Wildman–Crippen LogP) is -0.788. The van der Waals surface area contributed by atoms with Gasteiger partial charge in [-0.3, -0.25) is 18.9 Å². The molecule has 168 valence electrons. The number of halogens is 2. The lowest BCUT2D eigenvalue weighted by molar-refractivity contribution is -0.203. The van der Waals surface area contributed by atoms with Gasteiger partial charge in [0.15, 0.2) is 29.2 Å². The van der Waals surface area contributed by atoms with Gasteiger partial charge in [0.2, 0.25) is 5.95 Å². The molecule has 0 aliphatic carbocycles. The highest BCUT2D eigenvalue weighted by Gasteiger charge is 2.65. The summed E-state index contributed by atoms with van der Waals surface area (Å²) in [6.45, 7) is -0.947. The van der Waals surface area contributed by atoms with E-state index in [1.54, 1.807) is 0 Å². The Morgan fingerprint density at radius 3 is 2.63 bits per heavy atom. The summed E-state index contributed by atoms with van der Waals surface area (Å²) in [6.07, 6.45) is -3.79. The van der Waals surface area contributed by atoms with E-state index in [0.29, 0.717) is 0 Å². The summed E-state index contributed by atoms with van der Waals surface area (Å²) >= 11 is 0. The zero-order valence-electron chi connectivity index (χ0n) is 14.7. The Kier molecular flexibility index (Phi) is 5.42. The van der Waals surface area contributed by atoms with Gasteiger partial charge in [0, 0.05) is 0 Å². The molecule has 7 N–H and O–H groups in total. The average Bonchev–Trinajstić information content (AvgIpc) is 3.05. The molecule has 0 radical (unpaired) electrons. The smallest absolute Gasteiger partial charge is 0.384 e. The fraction of sp³-hybridized carbons (Fsp3) is 0.545. The molecule has 2 aromatic rings. The first kappa shape index (κ1) is 22.9. The number of anilines is 1. The number of aromatic nitrogens is 4. The maximum atomic E-state index is 15.2.